The first kappa shape index (κ1) is 17.9. The first-order valence-corrected chi connectivity index (χ1v) is 8.56. The number of pyridine rings is 1. The van der Waals surface area contributed by atoms with Crippen molar-refractivity contribution >= 4 is 5.91 Å². The van der Waals surface area contributed by atoms with Gasteiger partial charge in [-0.15, -0.1) is 0 Å². The second kappa shape index (κ2) is 7.52. The quantitative estimate of drug-likeness (QED) is 0.757. The predicted molar refractivity (Wildman–Crippen MR) is 99.6 cm³/mol. The second-order valence-electron chi connectivity index (χ2n) is 6.40. The number of hydrogen-bond acceptors (Lipinski definition) is 2. The van der Waals surface area contributed by atoms with Gasteiger partial charge in [-0.2, -0.15) is 0 Å². The molecule has 0 unspecified atom stereocenters. The Morgan fingerprint density at radius 2 is 1.81 bits per heavy atom. The molecule has 1 aromatic carbocycles. The number of nitrogens with one attached hydrogen (secondary N) is 1. The highest BCUT2D eigenvalue weighted by atomic mass is 19.1. The minimum atomic E-state index is -0.265. The van der Waals surface area contributed by atoms with Crippen molar-refractivity contribution in [2.75, 3.05) is 0 Å². The molecule has 0 aliphatic rings. The molecule has 3 rings (SSSR count). The minimum absolute atomic E-state index is 0.133. The topological polar surface area (TPSA) is 46.9 Å². The van der Waals surface area contributed by atoms with E-state index in [-0.39, 0.29) is 11.7 Å². The molecule has 1 amide bonds. The molecular formula is C21H22FN3O. The van der Waals surface area contributed by atoms with Crippen LogP contribution in [-0.4, -0.2) is 15.5 Å². The van der Waals surface area contributed by atoms with Crippen LogP contribution in [0, 0.1) is 26.6 Å². The lowest BCUT2D eigenvalue weighted by molar-refractivity contribution is 0.0940. The van der Waals surface area contributed by atoms with Crippen molar-refractivity contribution in [1.29, 1.82) is 0 Å². The summed E-state index contributed by atoms with van der Waals surface area (Å²) < 4.78 is 15.2. The van der Waals surface area contributed by atoms with Crippen LogP contribution >= 0.6 is 0 Å². The maximum Gasteiger partial charge on any atom is 0.268 e. The average molecular weight is 351 g/mol. The Balaban J connectivity index is 1.86. The normalized spacial score (nSPS) is 10.8. The molecule has 3 aromatic rings. The van der Waals surface area contributed by atoms with Gasteiger partial charge in [0, 0.05) is 18.4 Å². The zero-order valence-corrected chi connectivity index (χ0v) is 15.2. The molecule has 4 nitrogen and oxygen atoms in total. The summed E-state index contributed by atoms with van der Waals surface area (Å²) in [5.41, 5.74) is 5.49. The van der Waals surface area contributed by atoms with Crippen LogP contribution < -0.4 is 5.32 Å². The Labute approximate surface area is 152 Å². The van der Waals surface area contributed by atoms with E-state index in [1.54, 1.807) is 18.3 Å². The third-order valence-corrected chi connectivity index (χ3v) is 4.76. The van der Waals surface area contributed by atoms with Crippen LogP contribution in [0.4, 0.5) is 4.39 Å². The van der Waals surface area contributed by atoms with E-state index in [1.165, 1.54) is 12.1 Å². The SMILES string of the molecule is Cc1c(C)c(C(=O)NCc2ccccn2)n(Cc2ccc(F)cc2)c1C. The molecule has 1 N–H and O–H groups in total. The Kier molecular flexibility index (Phi) is 5.16. The van der Waals surface area contributed by atoms with Gasteiger partial charge in [0.15, 0.2) is 0 Å². The van der Waals surface area contributed by atoms with Gasteiger partial charge < -0.3 is 9.88 Å². The molecule has 0 spiro atoms. The molecule has 2 aromatic heterocycles. The van der Waals surface area contributed by atoms with Crippen LogP contribution in [0.1, 0.15) is 38.6 Å². The highest BCUT2D eigenvalue weighted by molar-refractivity contribution is 5.94. The lowest BCUT2D eigenvalue weighted by Crippen LogP contribution is -2.27. The van der Waals surface area contributed by atoms with Gasteiger partial charge >= 0.3 is 0 Å². The molecule has 0 aliphatic heterocycles. The zero-order valence-electron chi connectivity index (χ0n) is 15.2. The number of carbonyl (C=O) groups excluding carboxylic acids is 1. The van der Waals surface area contributed by atoms with E-state index in [1.807, 2.05) is 43.5 Å². The Bertz CT molecular complexity index is 915. The molecule has 2 heterocycles. The number of halogens is 1. The van der Waals surface area contributed by atoms with Crippen LogP contribution in [0.15, 0.2) is 48.7 Å². The number of carbonyl (C=O) groups is 1. The highest BCUT2D eigenvalue weighted by Gasteiger charge is 2.20. The lowest BCUT2D eigenvalue weighted by Gasteiger charge is -2.13. The van der Waals surface area contributed by atoms with Crippen LogP contribution in [-0.2, 0) is 13.1 Å². The number of hydrogen-bond donors (Lipinski definition) is 1. The van der Waals surface area contributed by atoms with E-state index in [0.717, 1.165) is 28.1 Å². The number of aromatic nitrogens is 2. The van der Waals surface area contributed by atoms with Gasteiger partial charge in [-0.05, 0) is 61.7 Å². The average Bonchev–Trinajstić information content (AvgIpc) is 2.86. The summed E-state index contributed by atoms with van der Waals surface area (Å²) >= 11 is 0. The van der Waals surface area contributed by atoms with E-state index in [4.69, 9.17) is 0 Å². The smallest absolute Gasteiger partial charge is 0.268 e. The van der Waals surface area contributed by atoms with Gasteiger partial charge in [-0.1, -0.05) is 18.2 Å². The van der Waals surface area contributed by atoms with Crippen LogP contribution in [0.5, 0.6) is 0 Å². The molecule has 0 saturated heterocycles. The van der Waals surface area contributed by atoms with Crippen LogP contribution in [0.3, 0.4) is 0 Å². The van der Waals surface area contributed by atoms with Crippen molar-refractivity contribution < 1.29 is 9.18 Å². The van der Waals surface area contributed by atoms with Gasteiger partial charge in [-0.25, -0.2) is 4.39 Å². The summed E-state index contributed by atoms with van der Waals surface area (Å²) in [4.78, 5) is 17.1. The Hall–Kier alpha value is -2.95. The molecular weight excluding hydrogens is 329 g/mol. The molecule has 0 saturated carbocycles. The molecule has 0 bridgehead atoms. The molecule has 5 heteroatoms. The zero-order chi connectivity index (χ0) is 18.7. The van der Waals surface area contributed by atoms with E-state index in [2.05, 4.69) is 10.3 Å². The fourth-order valence-corrected chi connectivity index (χ4v) is 3.04. The standard InChI is InChI=1S/C21H22FN3O/c1-14-15(2)20(21(26)24-12-19-6-4-5-11-23-19)25(16(14)3)13-17-7-9-18(22)10-8-17/h4-11H,12-13H2,1-3H3,(H,24,26). The van der Waals surface area contributed by atoms with E-state index >= 15 is 0 Å². The number of nitrogens with zero attached hydrogens (tertiary/aromatic N) is 2. The minimum Gasteiger partial charge on any atom is -0.345 e. The maximum atomic E-state index is 13.2. The van der Waals surface area contributed by atoms with Gasteiger partial charge in [0.25, 0.3) is 5.91 Å². The van der Waals surface area contributed by atoms with Crippen molar-refractivity contribution in [1.82, 2.24) is 14.9 Å². The number of amides is 1. The van der Waals surface area contributed by atoms with Gasteiger partial charge in [0.05, 0.1) is 12.2 Å². The second-order valence-corrected chi connectivity index (χ2v) is 6.40. The van der Waals surface area contributed by atoms with Crippen molar-refractivity contribution in [3.63, 3.8) is 0 Å². The molecule has 134 valence electrons. The maximum absolute atomic E-state index is 13.2. The van der Waals surface area contributed by atoms with Gasteiger partial charge in [0.2, 0.25) is 0 Å². The van der Waals surface area contributed by atoms with Gasteiger partial charge in [-0.3, -0.25) is 9.78 Å². The molecule has 0 atom stereocenters. The fraction of sp³-hybridized carbons (Fsp3) is 0.238. The van der Waals surface area contributed by atoms with E-state index in [0.29, 0.717) is 18.8 Å². The number of benzene rings is 1. The predicted octanol–water partition coefficient (Wildman–Crippen LogP) is 3.93. The van der Waals surface area contributed by atoms with Crippen molar-refractivity contribution in [2.24, 2.45) is 0 Å². The summed E-state index contributed by atoms with van der Waals surface area (Å²) in [6.07, 6.45) is 1.71. The Morgan fingerprint density at radius 3 is 2.46 bits per heavy atom. The Morgan fingerprint density at radius 1 is 1.08 bits per heavy atom. The summed E-state index contributed by atoms with van der Waals surface area (Å²) in [5, 5.41) is 2.95. The first-order chi connectivity index (χ1) is 12.5. The molecule has 0 radical (unpaired) electrons. The van der Waals surface area contributed by atoms with E-state index < -0.39 is 0 Å². The summed E-state index contributed by atoms with van der Waals surface area (Å²) in [7, 11) is 0. The lowest BCUT2D eigenvalue weighted by atomic mass is 10.1. The third-order valence-electron chi connectivity index (χ3n) is 4.76. The monoisotopic (exact) mass is 351 g/mol. The van der Waals surface area contributed by atoms with Crippen molar-refractivity contribution in [3.8, 4) is 0 Å². The van der Waals surface area contributed by atoms with Gasteiger partial charge in [0.1, 0.15) is 11.5 Å². The van der Waals surface area contributed by atoms with E-state index in [9.17, 15) is 9.18 Å². The summed E-state index contributed by atoms with van der Waals surface area (Å²) in [6, 6.07) is 12.0. The number of rotatable bonds is 5. The van der Waals surface area contributed by atoms with Crippen molar-refractivity contribution in [2.45, 2.75) is 33.9 Å². The van der Waals surface area contributed by atoms with Crippen LogP contribution in [0.2, 0.25) is 0 Å². The van der Waals surface area contributed by atoms with Crippen LogP contribution in [0.25, 0.3) is 0 Å². The molecule has 26 heavy (non-hydrogen) atoms. The highest BCUT2D eigenvalue weighted by Crippen LogP contribution is 2.23. The first-order valence-electron chi connectivity index (χ1n) is 8.56. The largest absolute Gasteiger partial charge is 0.345 e. The third kappa shape index (κ3) is 3.67. The summed E-state index contributed by atoms with van der Waals surface area (Å²) in [6.45, 7) is 6.87. The fourth-order valence-electron chi connectivity index (χ4n) is 3.04. The molecule has 0 aliphatic carbocycles. The van der Waals surface area contributed by atoms with Crippen molar-refractivity contribution in [3.05, 3.63) is 88.3 Å². The summed E-state index contributed by atoms with van der Waals surface area (Å²) in [5.74, 6) is -0.398. The molecule has 0 fully saturated rings.